The van der Waals surface area contributed by atoms with Gasteiger partial charge in [-0.15, -0.1) is 0 Å². The normalized spacial score (nSPS) is 14.8. The molecule has 0 atom stereocenters. The average Bonchev–Trinajstić information content (AvgIpc) is 2.97. The predicted molar refractivity (Wildman–Crippen MR) is 96.0 cm³/mol. The van der Waals surface area contributed by atoms with E-state index in [2.05, 4.69) is 9.98 Å². The topological polar surface area (TPSA) is 50.5 Å². The molecule has 3 heterocycles. The molecule has 0 amide bonds. The van der Waals surface area contributed by atoms with E-state index in [1.807, 2.05) is 0 Å². The van der Waals surface area contributed by atoms with Gasteiger partial charge in [-0.25, -0.2) is 4.99 Å². The van der Waals surface area contributed by atoms with Gasteiger partial charge in [-0.05, 0) is 42.0 Å². The third kappa shape index (κ3) is 3.50. The number of fused-ring (bicyclic) bond motifs is 1. The molecule has 1 aromatic carbocycles. The molecule has 0 saturated carbocycles. The number of aromatic nitrogens is 2. The van der Waals surface area contributed by atoms with Gasteiger partial charge in [-0.2, -0.15) is 13.2 Å². The van der Waals surface area contributed by atoms with E-state index < -0.39 is 11.7 Å². The lowest BCUT2D eigenvalue weighted by Crippen LogP contribution is -2.42. The minimum Gasteiger partial charge on any atom is -0.334 e. The number of rotatable bonds is 2. The van der Waals surface area contributed by atoms with E-state index in [1.165, 1.54) is 22.0 Å². The van der Waals surface area contributed by atoms with Crippen LogP contribution in [0.1, 0.15) is 11.1 Å². The molecular formula is C18H13F3N4OS. The SMILES string of the molecule is O=c1/c(=C/c2ccncc2)sc2n1CN(c1cccc(C(F)(F)F)c1)CN=2. The number of hydrogen-bond donors (Lipinski definition) is 0. The van der Waals surface area contributed by atoms with E-state index in [0.29, 0.717) is 15.0 Å². The molecule has 0 fully saturated rings. The predicted octanol–water partition coefficient (Wildman–Crippen LogP) is 2.21. The number of thiazole rings is 1. The summed E-state index contributed by atoms with van der Waals surface area (Å²) in [4.78, 5) is 23.2. The zero-order chi connectivity index (χ0) is 19.0. The van der Waals surface area contributed by atoms with Crippen molar-refractivity contribution < 1.29 is 13.2 Å². The van der Waals surface area contributed by atoms with Gasteiger partial charge in [-0.1, -0.05) is 17.4 Å². The Balaban J connectivity index is 1.69. The van der Waals surface area contributed by atoms with E-state index in [-0.39, 0.29) is 18.9 Å². The number of alkyl halides is 3. The van der Waals surface area contributed by atoms with Gasteiger partial charge in [0.1, 0.15) is 13.3 Å². The molecule has 1 aliphatic heterocycles. The molecule has 2 aromatic heterocycles. The summed E-state index contributed by atoms with van der Waals surface area (Å²) in [7, 11) is 0. The highest BCUT2D eigenvalue weighted by molar-refractivity contribution is 7.07. The summed E-state index contributed by atoms with van der Waals surface area (Å²) in [5.41, 5.74) is 0.274. The van der Waals surface area contributed by atoms with E-state index in [9.17, 15) is 18.0 Å². The highest BCUT2D eigenvalue weighted by Crippen LogP contribution is 2.31. The molecule has 0 radical (unpaired) electrons. The smallest absolute Gasteiger partial charge is 0.334 e. The molecule has 0 N–H and O–H groups in total. The number of hydrogen-bond acceptors (Lipinski definition) is 5. The summed E-state index contributed by atoms with van der Waals surface area (Å²) in [6.45, 7) is 0.343. The highest BCUT2D eigenvalue weighted by atomic mass is 32.1. The molecular weight excluding hydrogens is 377 g/mol. The molecule has 0 saturated heterocycles. The van der Waals surface area contributed by atoms with Crippen LogP contribution in [-0.2, 0) is 12.8 Å². The van der Waals surface area contributed by atoms with Crippen LogP contribution in [0, 0.1) is 0 Å². The van der Waals surface area contributed by atoms with E-state index in [4.69, 9.17) is 0 Å². The lowest BCUT2D eigenvalue weighted by Gasteiger charge is -2.26. The van der Waals surface area contributed by atoms with Crippen molar-refractivity contribution in [2.45, 2.75) is 12.8 Å². The average molecular weight is 390 g/mol. The third-order valence-electron chi connectivity index (χ3n) is 4.12. The molecule has 0 spiro atoms. The van der Waals surface area contributed by atoms with Crippen molar-refractivity contribution >= 4 is 23.1 Å². The Morgan fingerprint density at radius 2 is 1.93 bits per heavy atom. The minimum absolute atomic E-state index is 0.152. The maximum absolute atomic E-state index is 12.9. The lowest BCUT2D eigenvalue weighted by atomic mass is 10.2. The first-order valence-electron chi connectivity index (χ1n) is 8.00. The molecule has 27 heavy (non-hydrogen) atoms. The molecule has 4 rings (SSSR count). The van der Waals surface area contributed by atoms with Crippen LogP contribution in [0.5, 0.6) is 0 Å². The Morgan fingerprint density at radius 3 is 2.67 bits per heavy atom. The maximum Gasteiger partial charge on any atom is 0.416 e. The first kappa shape index (κ1) is 17.5. The summed E-state index contributed by atoms with van der Waals surface area (Å²) in [5, 5.41) is 0. The number of benzene rings is 1. The van der Waals surface area contributed by atoms with Crippen LogP contribution in [0.25, 0.3) is 6.08 Å². The van der Waals surface area contributed by atoms with E-state index >= 15 is 0 Å². The number of nitrogens with zero attached hydrogens (tertiary/aromatic N) is 4. The summed E-state index contributed by atoms with van der Waals surface area (Å²) in [5.74, 6) is 0. The lowest BCUT2D eigenvalue weighted by molar-refractivity contribution is -0.137. The number of halogens is 3. The quantitative estimate of drug-likeness (QED) is 0.674. The van der Waals surface area contributed by atoms with Crippen LogP contribution in [0.3, 0.4) is 0 Å². The van der Waals surface area contributed by atoms with Gasteiger partial charge < -0.3 is 4.90 Å². The molecule has 0 bridgehead atoms. The number of pyridine rings is 1. The molecule has 9 heteroatoms. The monoisotopic (exact) mass is 390 g/mol. The van der Waals surface area contributed by atoms with E-state index in [1.54, 1.807) is 41.6 Å². The minimum atomic E-state index is -4.42. The van der Waals surface area contributed by atoms with Crippen LogP contribution in [-0.4, -0.2) is 16.2 Å². The van der Waals surface area contributed by atoms with Gasteiger partial charge in [0.25, 0.3) is 5.56 Å². The Bertz CT molecular complexity index is 1150. The van der Waals surface area contributed by atoms with Crippen molar-refractivity contribution in [3.05, 3.63) is 79.6 Å². The fourth-order valence-corrected chi connectivity index (χ4v) is 3.73. The maximum atomic E-state index is 12.9. The van der Waals surface area contributed by atoms with Gasteiger partial charge in [-0.3, -0.25) is 14.3 Å². The van der Waals surface area contributed by atoms with Gasteiger partial charge in [0.15, 0.2) is 4.80 Å². The molecule has 0 unspecified atom stereocenters. The van der Waals surface area contributed by atoms with Crippen molar-refractivity contribution in [3.63, 3.8) is 0 Å². The second-order valence-corrected chi connectivity index (χ2v) is 6.94. The summed E-state index contributed by atoms with van der Waals surface area (Å²) >= 11 is 1.26. The van der Waals surface area contributed by atoms with Gasteiger partial charge >= 0.3 is 6.18 Å². The van der Waals surface area contributed by atoms with Crippen LogP contribution in [0.4, 0.5) is 18.9 Å². The van der Waals surface area contributed by atoms with Gasteiger partial charge in [0, 0.05) is 18.1 Å². The molecule has 3 aromatic rings. The van der Waals surface area contributed by atoms with Crippen LogP contribution in [0.2, 0.25) is 0 Å². The van der Waals surface area contributed by atoms with Crippen molar-refractivity contribution in [2.24, 2.45) is 4.99 Å². The largest absolute Gasteiger partial charge is 0.416 e. The second-order valence-electron chi connectivity index (χ2n) is 5.94. The van der Waals surface area contributed by atoms with Crippen molar-refractivity contribution in [1.82, 2.24) is 9.55 Å². The zero-order valence-corrected chi connectivity index (χ0v) is 14.7. The number of anilines is 1. The Morgan fingerprint density at radius 1 is 1.15 bits per heavy atom. The Kier molecular flexibility index (Phi) is 4.31. The van der Waals surface area contributed by atoms with Crippen LogP contribution < -0.4 is 19.8 Å². The third-order valence-corrected chi connectivity index (χ3v) is 5.16. The fourth-order valence-electron chi connectivity index (χ4n) is 2.77. The molecule has 5 nitrogen and oxygen atoms in total. The van der Waals surface area contributed by atoms with Crippen LogP contribution in [0.15, 0.2) is 58.6 Å². The molecule has 138 valence electrons. The Labute approximate surface area is 155 Å². The van der Waals surface area contributed by atoms with Crippen molar-refractivity contribution in [1.29, 1.82) is 0 Å². The second kappa shape index (κ2) is 6.66. The molecule has 0 aliphatic carbocycles. The first-order valence-corrected chi connectivity index (χ1v) is 8.81. The summed E-state index contributed by atoms with van der Waals surface area (Å²) in [6, 6.07) is 8.60. The molecule has 1 aliphatic rings. The van der Waals surface area contributed by atoms with Crippen molar-refractivity contribution in [3.8, 4) is 0 Å². The zero-order valence-electron chi connectivity index (χ0n) is 13.8. The van der Waals surface area contributed by atoms with Gasteiger partial charge in [0.2, 0.25) is 0 Å². The summed E-state index contributed by atoms with van der Waals surface area (Å²) in [6.07, 6.45) is 0.609. The fraction of sp³-hybridized carbons (Fsp3) is 0.167. The van der Waals surface area contributed by atoms with Crippen LogP contribution >= 0.6 is 11.3 Å². The van der Waals surface area contributed by atoms with E-state index in [0.717, 1.165) is 17.7 Å². The first-order chi connectivity index (χ1) is 12.9. The highest BCUT2D eigenvalue weighted by Gasteiger charge is 2.31. The van der Waals surface area contributed by atoms with Gasteiger partial charge in [0.05, 0.1) is 10.1 Å². The standard InChI is InChI=1S/C18H13F3N4OS/c19-18(20,21)13-2-1-3-14(9-13)24-10-23-17-25(11-24)16(26)15(27-17)8-12-4-6-22-7-5-12/h1-9H,10-11H2/b15-8-. The Hall–Kier alpha value is -2.94. The summed E-state index contributed by atoms with van der Waals surface area (Å²) < 4.78 is 40.8. The van der Waals surface area contributed by atoms with Crippen molar-refractivity contribution in [2.75, 3.05) is 11.6 Å².